The number of allylic oxidation sites excluding steroid dienone is 6. The smallest absolute Gasteiger partial charge is 0.306 e. The second-order valence-electron chi connectivity index (χ2n) is 20.3. The number of rotatable bonds is 55. The predicted octanol–water partition coefficient (Wildman–Crippen LogP) is 20.0. The summed E-state index contributed by atoms with van der Waals surface area (Å²) < 4.78 is 16.8. The van der Waals surface area contributed by atoms with E-state index in [1.54, 1.807) is 0 Å². The molecule has 68 heavy (non-hydrogen) atoms. The van der Waals surface area contributed by atoms with Crippen LogP contribution in [0.2, 0.25) is 0 Å². The van der Waals surface area contributed by atoms with Crippen LogP contribution in [0, 0.1) is 0 Å². The lowest BCUT2D eigenvalue weighted by atomic mass is 10.0. The Kier molecular flexibility index (Phi) is 55.2. The van der Waals surface area contributed by atoms with Crippen molar-refractivity contribution >= 4 is 17.9 Å². The molecule has 1 atom stereocenters. The maximum atomic E-state index is 12.8. The largest absolute Gasteiger partial charge is 0.462 e. The zero-order chi connectivity index (χ0) is 49.3. The second kappa shape index (κ2) is 57.2. The van der Waals surface area contributed by atoms with Gasteiger partial charge in [0.05, 0.1) is 0 Å². The van der Waals surface area contributed by atoms with Crippen molar-refractivity contribution in [3.05, 3.63) is 36.5 Å². The molecule has 0 aliphatic carbocycles. The molecule has 0 heterocycles. The van der Waals surface area contributed by atoms with Crippen molar-refractivity contribution in [2.24, 2.45) is 0 Å². The predicted molar refractivity (Wildman–Crippen MR) is 293 cm³/mol. The summed E-state index contributed by atoms with van der Waals surface area (Å²) in [5.74, 6) is -0.862. The van der Waals surface area contributed by atoms with Gasteiger partial charge in [0, 0.05) is 19.3 Å². The van der Waals surface area contributed by atoms with E-state index in [1.807, 2.05) is 0 Å². The Morgan fingerprint density at radius 1 is 0.294 bits per heavy atom. The molecular weight excluding hydrogens is 841 g/mol. The maximum absolute atomic E-state index is 12.8. The minimum Gasteiger partial charge on any atom is -0.462 e. The van der Waals surface area contributed by atoms with Gasteiger partial charge < -0.3 is 14.2 Å². The topological polar surface area (TPSA) is 78.9 Å². The van der Waals surface area contributed by atoms with Gasteiger partial charge in [-0.05, 0) is 57.8 Å². The molecule has 0 saturated heterocycles. The standard InChI is InChI=1S/C62H114O6/c1-4-7-10-13-16-18-20-22-24-26-27-28-29-30-31-32-33-34-35-37-38-40-42-44-46-49-52-55-61(64)67-58-59(57-66-60(63)54-51-48-15-12-9-6-3)68-62(65)56-53-50-47-45-43-41-39-36-25-23-21-19-17-14-11-8-5-2/h20,22,26-27,29-30,59H,4-19,21,23-25,28,31-58H2,1-3H3/b22-20-,27-26-,30-29-. The van der Waals surface area contributed by atoms with E-state index in [0.717, 1.165) is 70.6 Å². The first-order valence-corrected chi connectivity index (χ1v) is 30.0. The highest BCUT2D eigenvalue weighted by Crippen LogP contribution is 2.17. The van der Waals surface area contributed by atoms with E-state index in [2.05, 4.69) is 57.2 Å². The monoisotopic (exact) mass is 955 g/mol. The molecule has 0 amide bonds. The molecule has 0 spiro atoms. The van der Waals surface area contributed by atoms with Gasteiger partial charge in [0.15, 0.2) is 6.10 Å². The van der Waals surface area contributed by atoms with Gasteiger partial charge in [-0.1, -0.05) is 282 Å². The van der Waals surface area contributed by atoms with Gasteiger partial charge >= 0.3 is 17.9 Å². The van der Waals surface area contributed by atoms with Gasteiger partial charge in [0.25, 0.3) is 0 Å². The molecule has 0 bridgehead atoms. The first-order chi connectivity index (χ1) is 33.5. The number of hydrogen-bond acceptors (Lipinski definition) is 6. The Labute approximate surface area is 423 Å². The van der Waals surface area contributed by atoms with Crippen LogP contribution in [0.4, 0.5) is 0 Å². The Hall–Kier alpha value is -2.37. The van der Waals surface area contributed by atoms with E-state index in [0.29, 0.717) is 19.3 Å². The third-order valence-electron chi connectivity index (χ3n) is 13.4. The molecule has 6 heteroatoms. The molecule has 0 aliphatic heterocycles. The van der Waals surface area contributed by atoms with Gasteiger partial charge in [0.1, 0.15) is 13.2 Å². The fourth-order valence-corrected chi connectivity index (χ4v) is 8.86. The summed E-state index contributed by atoms with van der Waals surface area (Å²) in [6.07, 6.45) is 68.9. The Morgan fingerprint density at radius 2 is 0.529 bits per heavy atom. The van der Waals surface area contributed by atoms with E-state index >= 15 is 0 Å². The molecule has 6 nitrogen and oxygen atoms in total. The normalized spacial score (nSPS) is 12.2. The molecule has 0 aromatic carbocycles. The lowest BCUT2D eigenvalue weighted by Crippen LogP contribution is -2.30. The zero-order valence-electron chi connectivity index (χ0n) is 45.6. The molecule has 0 aliphatic rings. The van der Waals surface area contributed by atoms with Crippen molar-refractivity contribution in [3.63, 3.8) is 0 Å². The Balaban J connectivity index is 4.06. The number of carbonyl (C=O) groups excluding carboxylic acids is 3. The Morgan fingerprint density at radius 3 is 0.824 bits per heavy atom. The Bertz CT molecular complexity index is 1140. The van der Waals surface area contributed by atoms with Crippen molar-refractivity contribution in [3.8, 4) is 0 Å². The summed E-state index contributed by atoms with van der Waals surface area (Å²) in [6.45, 7) is 6.61. The summed E-state index contributed by atoms with van der Waals surface area (Å²) in [5, 5.41) is 0. The first-order valence-electron chi connectivity index (χ1n) is 30.0. The summed E-state index contributed by atoms with van der Waals surface area (Å²) in [6, 6.07) is 0. The maximum Gasteiger partial charge on any atom is 0.306 e. The average Bonchev–Trinajstić information content (AvgIpc) is 3.34. The van der Waals surface area contributed by atoms with Gasteiger partial charge in [0.2, 0.25) is 0 Å². The fraction of sp³-hybridized carbons (Fsp3) is 0.855. The van der Waals surface area contributed by atoms with Gasteiger partial charge in [-0.25, -0.2) is 0 Å². The highest BCUT2D eigenvalue weighted by molar-refractivity contribution is 5.71. The van der Waals surface area contributed by atoms with Gasteiger partial charge in [-0.3, -0.25) is 14.4 Å². The summed E-state index contributed by atoms with van der Waals surface area (Å²) in [7, 11) is 0. The first kappa shape index (κ1) is 65.6. The van der Waals surface area contributed by atoms with E-state index in [-0.39, 0.29) is 31.1 Å². The highest BCUT2D eigenvalue weighted by atomic mass is 16.6. The van der Waals surface area contributed by atoms with Crippen LogP contribution in [0.5, 0.6) is 0 Å². The SMILES string of the molecule is CCCCCCC/C=C\C/C=C\C/C=C\CCCCCCCCCCCCCCC(=O)OCC(COC(=O)CCCCCCCC)OC(=O)CCCCCCCCCCCCCCCCCCC. The molecule has 0 saturated carbocycles. The van der Waals surface area contributed by atoms with Crippen molar-refractivity contribution in [1.82, 2.24) is 0 Å². The molecule has 0 N–H and O–H groups in total. The number of carbonyl (C=O) groups is 3. The van der Waals surface area contributed by atoms with Crippen LogP contribution in [0.25, 0.3) is 0 Å². The minimum atomic E-state index is -0.766. The van der Waals surface area contributed by atoms with Crippen LogP contribution in [-0.4, -0.2) is 37.2 Å². The molecule has 0 aromatic heterocycles. The second-order valence-corrected chi connectivity index (χ2v) is 20.3. The van der Waals surface area contributed by atoms with Crippen LogP contribution < -0.4 is 0 Å². The lowest BCUT2D eigenvalue weighted by molar-refractivity contribution is -0.167. The van der Waals surface area contributed by atoms with E-state index in [9.17, 15) is 14.4 Å². The molecule has 0 fully saturated rings. The zero-order valence-corrected chi connectivity index (χ0v) is 45.6. The van der Waals surface area contributed by atoms with Gasteiger partial charge in [-0.2, -0.15) is 0 Å². The van der Waals surface area contributed by atoms with Crippen molar-refractivity contribution in [1.29, 1.82) is 0 Å². The molecule has 0 rings (SSSR count). The average molecular weight is 956 g/mol. The molecular formula is C62H114O6. The molecule has 398 valence electrons. The molecule has 0 radical (unpaired) electrons. The van der Waals surface area contributed by atoms with E-state index < -0.39 is 6.10 Å². The van der Waals surface area contributed by atoms with Crippen LogP contribution in [0.15, 0.2) is 36.5 Å². The van der Waals surface area contributed by atoms with Crippen molar-refractivity contribution in [2.45, 2.75) is 329 Å². The van der Waals surface area contributed by atoms with Crippen molar-refractivity contribution in [2.75, 3.05) is 13.2 Å². The summed E-state index contributed by atoms with van der Waals surface area (Å²) in [4.78, 5) is 37.9. The highest BCUT2D eigenvalue weighted by Gasteiger charge is 2.19. The third-order valence-corrected chi connectivity index (χ3v) is 13.4. The summed E-state index contributed by atoms with van der Waals surface area (Å²) in [5.41, 5.74) is 0. The third kappa shape index (κ3) is 54.6. The summed E-state index contributed by atoms with van der Waals surface area (Å²) >= 11 is 0. The quantitative estimate of drug-likeness (QED) is 0.0262. The molecule has 1 unspecified atom stereocenters. The number of esters is 3. The van der Waals surface area contributed by atoms with Crippen molar-refractivity contribution < 1.29 is 28.6 Å². The van der Waals surface area contributed by atoms with Crippen LogP contribution in [-0.2, 0) is 28.6 Å². The fourth-order valence-electron chi connectivity index (χ4n) is 8.86. The van der Waals surface area contributed by atoms with Crippen LogP contribution >= 0.6 is 0 Å². The minimum absolute atomic E-state index is 0.0688. The van der Waals surface area contributed by atoms with Gasteiger partial charge in [-0.15, -0.1) is 0 Å². The van der Waals surface area contributed by atoms with E-state index in [4.69, 9.17) is 14.2 Å². The van der Waals surface area contributed by atoms with Crippen LogP contribution in [0.1, 0.15) is 323 Å². The number of hydrogen-bond donors (Lipinski definition) is 0. The molecule has 0 aromatic rings. The lowest BCUT2D eigenvalue weighted by Gasteiger charge is -2.18. The number of ether oxygens (including phenoxy) is 3. The van der Waals surface area contributed by atoms with Crippen LogP contribution in [0.3, 0.4) is 0 Å². The number of unbranched alkanes of at least 4 members (excludes halogenated alkanes) is 38. The van der Waals surface area contributed by atoms with E-state index in [1.165, 1.54) is 212 Å².